The van der Waals surface area contributed by atoms with Crippen molar-refractivity contribution in [2.45, 2.75) is 18.9 Å². The van der Waals surface area contributed by atoms with Gasteiger partial charge in [0.15, 0.2) is 11.5 Å². The first-order chi connectivity index (χ1) is 10.6. The lowest BCUT2D eigenvalue weighted by Crippen LogP contribution is -2.33. The molecule has 0 saturated heterocycles. The molecule has 110 valence electrons. The third-order valence-corrected chi connectivity index (χ3v) is 4.45. The number of nitrogens with zero attached hydrogens (tertiary/aromatic N) is 1. The monoisotopic (exact) mass is 295 g/mol. The van der Waals surface area contributed by atoms with E-state index in [-0.39, 0.29) is 17.2 Å². The predicted octanol–water partition coefficient (Wildman–Crippen LogP) is 2.38. The first-order valence-electron chi connectivity index (χ1n) is 7.10. The van der Waals surface area contributed by atoms with E-state index in [1.807, 2.05) is 24.3 Å². The number of hydrogen-bond acceptors (Lipinski definition) is 4. The molecule has 1 unspecified atom stereocenters. The second-order valence-corrected chi connectivity index (χ2v) is 5.59. The number of imide groups is 1. The fraction of sp³-hybridized carbons (Fsp3) is 0.176. The van der Waals surface area contributed by atoms with Crippen LogP contribution in [-0.4, -0.2) is 26.9 Å². The molecule has 2 aromatic rings. The van der Waals surface area contributed by atoms with Gasteiger partial charge in [0.25, 0.3) is 11.8 Å². The molecular weight excluding hydrogens is 282 g/mol. The lowest BCUT2D eigenvalue weighted by atomic mass is 10.1. The minimum absolute atomic E-state index is 0.102. The number of amides is 2. The topological polar surface area (TPSA) is 77.8 Å². The number of benzene rings is 2. The zero-order chi connectivity index (χ0) is 15.4. The molecule has 0 aromatic heterocycles. The summed E-state index contributed by atoms with van der Waals surface area (Å²) >= 11 is 0. The normalized spacial score (nSPS) is 19.5. The minimum Gasteiger partial charge on any atom is -0.504 e. The quantitative estimate of drug-likeness (QED) is 0.625. The summed E-state index contributed by atoms with van der Waals surface area (Å²) in [7, 11) is 0. The highest BCUT2D eigenvalue weighted by Gasteiger charge is 2.44. The Balaban J connectivity index is 1.82. The lowest BCUT2D eigenvalue weighted by molar-refractivity contribution is 0.0581. The van der Waals surface area contributed by atoms with Crippen molar-refractivity contribution >= 4 is 11.8 Å². The van der Waals surface area contributed by atoms with Crippen molar-refractivity contribution in [3.05, 3.63) is 58.7 Å². The molecule has 2 aromatic carbocycles. The second-order valence-electron chi connectivity index (χ2n) is 5.59. The molecule has 0 fully saturated rings. The van der Waals surface area contributed by atoms with Crippen LogP contribution >= 0.6 is 0 Å². The molecule has 4 rings (SSSR count). The average molecular weight is 295 g/mol. The van der Waals surface area contributed by atoms with Crippen LogP contribution < -0.4 is 0 Å². The van der Waals surface area contributed by atoms with Crippen LogP contribution in [0, 0.1) is 0 Å². The second kappa shape index (κ2) is 4.34. The standard InChI is InChI=1S/C17H13NO4/c19-13-8-6-11-14(15(13)20)17(22)18(16(11)21)12-7-5-9-3-1-2-4-10(9)12/h1-4,6,8,12,19-20H,5,7H2. The number of phenols is 2. The Labute approximate surface area is 126 Å². The minimum atomic E-state index is -0.546. The van der Waals surface area contributed by atoms with E-state index in [0.717, 1.165) is 17.5 Å². The molecular formula is C17H13NO4. The van der Waals surface area contributed by atoms with Gasteiger partial charge in [-0.15, -0.1) is 0 Å². The molecule has 1 aliphatic heterocycles. The van der Waals surface area contributed by atoms with Gasteiger partial charge in [-0.25, -0.2) is 0 Å². The summed E-state index contributed by atoms with van der Waals surface area (Å²) in [6.07, 6.45) is 1.49. The molecule has 2 aliphatic rings. The molecule has 1 heterocycles. The lowest BCUT2D eigenvalue weighted by Gasteiger charge is -2.22. The molecule has 5 nitrogen and oxygen atoms in total. The first kappa shape index (κ1) is 12.9. The van der Waals surface area contributed by atoms with E-state index < -0.39 is 23.3 Å². The number of aromatic hydroxyl groups is 2. The van der Waals surface area contributed by atoms with Crippen LogP contribution in [0.1, 0.15) is 44.3 Å². The van der Waals surface area contributed by atoms with Crippen molar-refractivity contribution in [2.24, 2.45) is 0 Å². The third-order valence-electron chi connectivity index (χ3n) is 4.45. The van der Waals surface area contributed by atoms with Crippen molar-refractivity contribution in [3.63, 3.8) is 0 Å². The van der Waals surface area contributed by atoms with E-state index in [0.29, 0.717) is 6.42 Å². The van der Waals surface area contributed by atoms with Crippen molar-refractivity contribution in [1.82, 2.24) is 4.90 Å². The average Bonchev–Trinajstić information content (AvgIpc) is 3.03. The maximum atomic E-state index is 12.6. The highest BCUT2D eigenvalue weighted by atomic mass is 16.3. The maximum Gasteiger partial charge on any atom is 0.266 e. The van der Waals surface area contributed by atoms with Gasteiger partial charge in [-0.3, -0.25) is 14.5 Å². The molecule has 0 bridgehead atoms. The Kier molecular flexibility index (Phi) is 2.54. The van der Waals surface area contributed by atoms with Gasteiger partial charge < -0.3 is 10.2 Å². The largest absolute Gasteiger partial charge is 0.504 e. The van der Waals surface area contributed by atoms with Gasteiger partial charge in [0.2, 0.25) is 0 Å². The summed E-state index contributed by atoms with van der Waals surface area (Å²) < 4.78 is 0. The van der Waals surface area contributed by atoms with Crippen molar-refractivity contribution in [3.8, 4) is 11.5 Å². The van der Waals surface area contributed by atoms with E-state index in [2.05, 4.69) is 0 Å². The van der Waals surface area contributed by atoms with Crippen LogP contribution in [0.3, 0.4) is 0 Å². The van der Waals surface area contributed by atoms with E-state index in [1.165, 1.54) is 17.0 Å². The third kappa shape index (κ3) is 1.53. The molecule has 0 spiro atoms. The summed E-state index contributed by atoms with van der Waals surface area (Å²) in [6, 6.07) is 10.0. The molecule has 2 amide bonds. The van der Waals surface area contributed by atoms with Crippen LogP contribution in [-0.2, 0) is 6.42 Å². The summed E-state index contributed by atoms with van der Waals surface area (Å²) in [5.41, 5.74) is 2.15. The zero-order valence-electron chi connectivity index (χ0n) is 11.6. The van der Waals surface area contributed by atoms with E-state index in [1.54, 1.807) is 0 Å². The molecule has 22 heavy (non-hydrogen) atoms. The van der Waals surface area contributed by atoms with Gasteiger partial charge in [0, 0.05) is 0 Å². The van der Waals surface area contributed by atoms with Crippen LogP contribution in [0.4, 0.5) is 0 Å². The van der Waals surface area contributed by atoms with Gasteiger partial charge in [0.1, 0.15) is 0 Å². The van der Waals surface area contributed by atoms with Gasteiger partial charge in [-0.2, -0.15) is 0 Å². The molecule has 0 radical (unpaired) electrons. The van der Waals surface area contributed by atoms with Gasteiger partial charge in [-0.1, -0.05) is 24.3 Å². The van der Waals surface area contributed by atoms with Gasteiger partial charge in [-0.05, 0) is 36.1 Å². The van der Waals surface area contributed by atoms with E-state index in [4.69, 9.17) is 0 Å². The maximum absolute atomic E-state index is 12.6. The molecule has 0 saturated carbocycles. The number of carbonyl (C=O) groups excluding carboxylic acids is 2. The highest BCUT2D eigenvalue weighted by Crippen LogP contribution is 2.43. The van der Waals surface area contributed by atoms with Crippen LogP contribution in [0.15, 0.2) is 36.4 Å². The predicted molar refractivity (Wildman–Crippen MR) is 77.8 cm³/mol. The van der Waals surface area contributed by atoms with Crippen molar-refractivity contribution in [2.75, 3.05) is 0 Å². The number of fused-ring (bicyclic) bond motifs is 2. The van der Waals surface area contributed by atoms with Crippen molar-refractivity contribution in [1.29, 1.82) is 0 Å². The Bertz CT molecular complexity index is 827. The Morgan fingerprint density at radius 2 is 1.77 bits per heavy atom. The van der Waals surface area contributed by atoms with Crippen LogP contribution in [0.25, 0.3) is 0 Å². The Morgan fingerprint density at radius 1 is 1.00 bits per heavy atom. The van der Waals surface area contributed by atoms with Crippen LogP contribution in [0.5, 0.6) is 11.5 Å². The summed E-state index contributed by atoms with van der Waals surface area (Å²) in [5, 5.41) is 19.5. The number of aryl methyl sites for hydroxylation is 1. The fourth-order valence-corrected chi connectivity index (χ4v) is 3.40. The fourth-order valence-electron chi connectivity index (χ4n) is 3.40. The van der Waals surface area contributed by atoms with E-state index in [9.17, 15) is 19.8 Å². The zero-order valence-corrected chi connectivity index (χ0v) is 11.6. The van der Waals surface area contributed by atoms with Crippen molar-refractivity contribution < 1.29 is 19.8 Å². The van der Waals surface area contributed by atoms with Gasteiger partial charge in [0.05, 0.1) is 17.2 Å². The number of carbonyl (C=O) groups is 2. The number of phenolic OH excluding ortho intramolecular Hbond substituents is 2. The summed E-state index contributed by atoms with van der Waals surface area (Å²) in [6.45, 7) is 0. The van der Waals surface area contributed by atoms with E-state index >= 15 is 0 Å². The SMILES string of the molecule is O=C1c2ccc(O)c(O)c2C(=O)N1C1CCc2ccccc21. The summed E-state index contributed by atoms with van der Waals surface area (Å²) in [5.74, 6) is -1.88. The molecule has 1 aliphatic carbocycles. The molecule has 1 atom stereocenters. The van der Waals surface area contributed by atoms with Crippen LogP contribution in [0.2, 0.25) is 0 Å². The smallest absolute Gasteiger partial charge is 0.266 e. The Morgan fingerprint density at radius 3 is 2.59 bits per heavy atom. The number of rotatable bonds is 1. The van der Waals surface area contributed by atoms with Gasteiger partial charge >= 0.3 is 0 Å². The molecule has 5 heteroatoms. The number of hydrogen-bond donors (Lipinski definition) is 2. The first-order valence-corrected chi connectivity index (χ1v) is 7.10. The molecule has 2 N–H and O–H groups in total. The Hall–Kier alpha value is -2.82. The summed E-state index contributed by atoms with van der Waals surface area (Å²) in [4.78, 5) is 26.4. The highest BCUT2D eigenvalue weighted by molar-refractivity contribution is 6.23.